The molecule has 126 valence electrons. The van der Waals surface area contributed by atoms with Crippen LogP contribution in [0.2, 0.25) is 0 Å². The molecule has 1 rings (SSSR count). The van der Waals surface area contributed by atoms with Crippen LogP contribution in [0.1, 0.15) is 81.6 Å². The van der Waals surface area contributed by atoms with E-state index in [1.54, 1.807) is 0 Å². The number of unbranched alkanes of at least 4 members (excludes halogenated alkanes) is 8. The molecule has 0 amide bonds. The van der Waals surface area contributed by atoms with E-state index < -0.39 is 0 Å². The van der Waals surface area contributed by atoms with Crippen LogP contribution in [0.4, 0.5) is 0 Å². The second kappa shape index (κ2) is 13.7. The Kier molecular flexibility index (Phi) is 13.1. The third kappa shape index (κ3) is 8.50. The van der Waals surface area contributed by atoms with Crippen LogP contribution in [0.25, 0.3) is 0 Å². The zero-order chi connectivity index (χ0) is 15.3. The van der Waals surface area contributed by atoms with Gasteiger partial charge in [0.1, 0.15) is 0 Å². The molecule has 0 unspecified atom stereocenters. The first-order valence-corrected chi connectivity index (χ1v) is 8.51. The lowest BCUT2D eigenvalue weighted by atomic mass is 10.0. The molecule has 0 aliphatic carbocycles. The molecule has 0 saturated carbocycles. The van der Waals surface area contributed by atoms with E-state index in [2.05, 4.69) is 6.92 Å². The first-order chi connectivity index (χ1) is 10.3. The first kappa shape index (κ1) is 21.1. The van der Waals surface area contributed by atoms with E-state index in [1.165, 1.54) is 44.9 Å². The Morgan fingerprint density at radius 2 is 1.59 bits per heavy atom. The van der Waals surface area contributed by atoms with Gasteiger partial charge in [-0.3, -0.25) is 10.5 Å². The van der Waals surface area contributed by atoms with E-state index in [0.29, 0.717) is 13.1 Å². The molecular formula is C18H31ClN2O. The zero-order valence-corrected chi connectivity index (χ0v) is 14.7. The highest BCUT2D eigenvalue weighted by atomic mass is 35.5. The van der Waals surface area contributed by atoms with Crippen molar-refractivity contribution in [1.82, 2.24) is 0 Å². The quantitative estimate of drug-likeness (QED) is 0.354. The van der Waals surface area contributed by atoms with Gasteiger partial charge in [-0.2, -0.15) is 4.57 Å². The predicted octanol–water partition coefficient (Wildman–Crippen LogP) is 0.998. The Hall–Kier alpha value is -0.930. The molecule has 0 aromatic carbocycles. The highest BCUT2D eigenvalue weighted by Gasteiger charge is 2.16. The lowest BCUT2D eigenvalue weighted by Gasteiger charge is -2.02. The third-order valence-corrected chi connectivity index (χ3v) is 3.93. The fourth-order valence-corrected chi connectivity index (χ4v) is 2.61. The lowest BCUT2D eigenvalue weighted by molar-refractivity contribution is -0.697. The normalized spacial score (nSPS) is 10.3. The molecule has 0 saturated heterocycles. The number of ketones is 1. The number of pyridine rings is 1. The van der Waals surface area contributed by atoms with Crippen LogP contribution < -0.4 is 22.7 Å². The Bertz CT molecular complexity index is 410. The van der Waals surface area contributed by atoms with Gasteiger partial charge in [-0.1, -0.05) is 58.3 Å². The van der Waals surface area contributed by atoms with Crippen LogP contribution in [-0.2, 0) is 6.67 Å². The molecule has 0 atom stereocenters. The van der Waals surface area contributed by atoms with Crippen molar-refractivity contribution in [3.05, 3.63) is 30.1 Å². The zero-order valence-electron chi connectivity index (χ0n) is 13.9. The maximum atomic E-state index is 12.2. The summed E-state index contributed by atoms with van der Waals surface area (Å²) in [6, 6.07) is 5.67. The Balaban J connectivity index is 0.00000441. The van der Waals surface area contributed by atoms with Gasteiger partial charge in [0.15, 0.2) is 12.9 Å². The number of carbonyl (C=O) groups excluding carboxylic acids is 1. The molecule has 1 aromatic heterocycles. The highest BCUT2D eigenvalue weighted by molar-refractivity contribution is 5.92. The van der Waals surface area contributed by atoms with Crippen molar-refractivity contribution in [2.24, 2.45) is 5.73 Å². The van der Waals surface area contributed by atoms with E-state index >= 15 is 0 Å². The van der Waals surface area contributed by atoms with Crippen molar-refractivity contribution in [3.63, 3.8) is 0 Å². The van der Waals surface area contributed by atoms with Gasteiger partial charge in [0.05, 0.1) is 0 Å². The van der Waals surface area contributed by atoms with Crippen LogP contribution in [0.15, 0.2) is 24.4 Å². The number of nitrogens with two attached hydrogens (primary N) is 1. The van der Waals surface area contributed by atoms with Gasteiger partial charge >= 0.3 is 0 Å². The highest BCUT2D eigenvalue weighted by Crippen LogP contribution is 2.11. The van der Waals surface area contributed by atoms with Crippen LogP contribution in [0.5, 0.6) is 0 Å². The van der Waals surface area contributed by atoms with Gasteiger partial charge in [0.2, 0.25) is 11.5 Å². The van der Waals surface area contributed by atoms with Gasteiger partial charge < -0.3 is 12.4 Å². The minimum atomic E-state index is 0. The summed E-state index contributed by atoms with van der Waals surface area (Å²) in [4.78, 5) is 12.2. The third-order valence-electron chi connectivity index (χ3n) is 3.93. The van der Waals surface area contributed by atoms with Gasteiger partial charge in [-0.25, -0.2) is 0 Å². The van der Waals surface area contributed by atoms with Crippen LogP contribution in [-0.4, -0.2) is 5.78 Å². The Morgan fingerprint density at radius 1 is 1.00 bits per heavy atom. The molecule has 0 radical (unpaired) electrons. The summed E-state index contributed by atoms with van der Waals surface area (Å²) in [7, 11) is 0. The van der Waals surface area contributed by atoms with Gasteiger partial charge in [0, 0.05) is 18.6 Å². The van der Waals surface area contributed by atoms with E-state index in [4.69, 9.17) is 5.73 Å². The average Bonchev–Trinajstić information content (AvgIpc) is 2.53. The summed E-state index contributed by atoms with van der Waals surface area (Å²) < 4.78 is 1.82. The molecule has 1 heterocycles. The van der Waals surface area contributed by atoms with Gasteiger partial charge in [-0.15, -0.1) is 0 Å². The number of hydrogen-bond donors (Lipinski definition) is 1. The first-order valence-electron chi connectivity index (χ1n) is 8.51. The molecule has 0 aliphatic rings. The smallest absolute Gasteiger partial charge is 0.249 e. The van der Waals surface area contributed by atoms with Crippen LogP contribution >= 0.6 is 0 Å². The van der Waals surface area contributed by atoms with Crippen molar-refractivity contribution in [2.45, 2.75) is 77.8 Å². The van der Waals surface area contributed by atoms with E-state index in [0.717, 1.165) is 18.5 Å². The molecule has 22 heavy (non-hydrogen) atoms. The number of Topliss-reactive ketones (excluding diaryl/α,β-unsaturated/α-hetero) is 1. The largest absolute Gasteiger partial charge is 1.00 e. The standard InChI is InChI=1S/C18H31N2O.ClH/c1-2-3-4-5-6-7-8-9-10-14-18(21)17-13-11-12-15-20(17)16-19;/h11-13,15H,2-10,14,16,19H2,1H3;1H/q+1;/p-1. The van der Waals surface area contributed by atoms with Crippen molar-refractivity contribution in [3.8, 4) is 0 Å². The van der Waals surface area contributed by atoms with Crippen molar-refractivity contribution >= 4 is 5.78 Å². The van der Waals surface area contributed by atoms with Crippen molar-refractivity contribution in [2.75, 3.05) is 0 Å². The molecule has 0 spiro atoms. The number of aromatic nitrogens is 1. The number of carbonyl (C=O) groups is 1. The fourth-order valence-electron chi connectivity index (χ4n) is 2.61. The summed E-state index contributed by atoms with van der Waals surface area (Å²) in [5, 5.41) is 0. The topological polar surface area (TPSA) is 47.0 Å². The van der Waals surface area contributed by atoms with E-state index in [-0.39, 0.29) is 18.2 Å². The second-order valence-electron chi connectivity index (χ2n) is 5.74. The number of halogens is 1. The molecule has 0 fully saturated rings. The summed E-state index contributed by atoms with van der Waals surface area (Å²) in [6.07, 6.45) is 14.0. The lowest BCUT2D eigenvalue weighted by Crippen LogP contribution is -3.00. The number of nitrogens with zero attached hydrogens (tertiary/aromatic N) is 1. The molecule has 3 nitrogen and oxygen atoms in total. The fraction of sp³-hybridized carbons (Fsp3) is 0.667. The van der Waals surface area contributed by atoms with Crippen LogP contribution in [0, 0.1) is 0 Å². The molecule has 1 aromatic rings. The minimum absolute atomic E-state index is 0. The second-order valence-corrected chi connectivity index (χ2v) is 5.74. The molecule has 2 N–H and O–H groups in total. The predicted molar refractivity (Wildman–Crippen MR) is 87.0 cm³/mol. The van der Waals surface area contributed by atoms with Crippen molar-refractivity contribution in [1.29, 1.82) is 0 Å². The molecule has 0 aliphatic heterocycles. The number of rotatable bonds is 12. The number of hydrogen-bond acceptors (Lipinski definition) is 2. The van der Waals surface area contributed by atoms with E-state index in [1.807, 2.05) is 29.0 Å². The maximum Gasteiger partial charge on any atom is 0.249 e. The SMILES string of the molecule is CCCCCCCCCCCC(=O)c1cccc[n+]1CN.[Cl-]. The van der Waals surface area contributed by atoms with Gasteiger partial charge in [0.25, 0.3) is 0 Å². The molecule has 4 heteroatoms. The molecule has 0 bridgehead atoms. The summed E-state index contributed by atoms with van der Waals surface area (Å²) >= 11 is 0. The molecular weight excluding hydrogens is 296 g/mol. The maximum absolute atomic E-state index is 12.2. The summed E-state index contributed by atoms with van der Waals surface area (Å²) in [5.74, 6) is 0.212. The Morgan fingerprint density at radius 3 is 2.18 bits per heavy atom. The monoisotopic (exact) mass is 326 g/mol. The minimum Gasteiger partial charge on any atom is -1.00 e. The van der Waals surface area contributed by atoms with Gasteiger partial charge in [-0.05, 0) is 12.5 Å². The summed E-state index contributed by atoms with van der Waals surface area (Å²) in [5.41, 5.74) is 6.38. The van der Waals surface area contributed by atoms with E-state index in [9.17, 15) is 4.79 Å². The average molecular weight is 327 g/mol. The van der Waals surface area contributed by atoms with Crippen LogP contribution in [0.3, 0.4) is 0 Å². The van der Waals surface area contributed by atoms with Crippen molar-refractivity contribution < 1.29 is 21.8 Å². The summed E-state index contributed by atoms with van der Waals surface area (Å²) in [6.45, 7) is 2.61. The Labute approximate surface area is 141 Å².